The van der Waals surface area contributed by atoms with Crippen LogP contribution in [0, 0.1) is 0 Å². The van der Waals surface area contributed by atoms with Gasteiger partial charge in [0.05, 0.1) is 4.90 Å². The minimum Gasteiger partial charge on any atom is -0.382 e. The molecule has 1 aliphatic carbocycles. The zero-order chi connectivity index (χ0) is 12.0. The Labute approximate surface area is 101 Å². The van der Waals surface area contributed by atoms with E-state index >= 15 is 0 Å². The van der Waals surface area contributed by atoms with Gasteiger partial charge in [-0.3, -0.25) is 0 Å². The van der Waals surface area contributed by atoms with Crippen LogP contribution in [-0.2, 0) is 16.4 Å². The average Bonchev–Trinajstić information content (AvgIpc) is 2.95. The summed E-state index contributed by atoms with van der Waals surface area (Å²) >= 11 is 0. The Bertz CT molecular complexity index is 550. The van der Waals surface area contributed by atoms with Crippen molar-refractivity contribution in [1.29, 1.82) is 0 Å². The lowest BCUT2D eigenvalue weighted by molar-refractivity contribution is 0.581. The first kappa shape index (κ1) is 11.0. The highest BCUT2D eigenvalue weighted by Crippen LogP contribution is 2.29. The van der Waals surface area contributed by atoms with Crippen molar-refractivity contribution in [2.45, 2.75) is 43.2 Å². The zero-order valence-corrected chi connectivity index (χ0v) is 10.5. The summed E-state index contributed by atoms with van der Waals surface area (Å²) in [6.45, 7) is 2.09. The maximum Gasteiger partial charge on any atom is 0.240 e. The van der Waals surface area contributed by atoms with Gasteiger partial charge in [0, 0.05) is 17.8 Å². The van der Waals surface area contributed by atoms with Crippen LogP contribution in [0.4, 0.5) is 5.69 Å². The van der Waals surface area contributed by atoms with E-state index in [1.54, 1.807) is 12.1 Å². The van der Waals surface area contributed by atoms with Gasteiger partial charge >= 0.3 is 0 Å². The second kappa shape index (κ2) is 3.71. The number of fused-ring (bicyclic) bond motifs is 1. The topological polar surface area (TPSA) is 58.2 Å². The molecule has 2 N–H and O–H groups in total. The van der Waals surface area contributed by atoms with Gasteiger partial charge < -0.3 is 5.32 Å². The lowest BCUT2D eigenvalue weighted by atomic mass is 10.1. The number of anilines is 1. The first-order chi connectivity index (χ1) is 8.04. The molecule has 1 aromatic carbocycles. The monoisotopic (exact) mass is 252 g/mol. The molecule has 1 aliphatic heterocycles. The Kier molecular flexibility index (Phi) is 2.41. The predicted octanol–water partition coefficient (Wildman–Crippen LogP) is 1.48. The van der Waals surface area contributed by atoms with Gasteiger partial charge in [0.15, 0.2) is 0 Å². The van der Waals surface area contributed by atoms with Crippen LogP contribution < -0.4 is 10.0 Å². The van der Waals surface area contributed by atoms with Crippen LogP contribution in [0.3, 0.4) is 0 Å². The van der Waals surface area contributed by atoms with Gasteiger partial charge in [0.1, 0.15) is 0 Å². The van der Waals surface area contributed by atoms with Crippen molar-refractivity contribution in [2.24, 2.45) is 0 Å². The maximum atomic E-state index is 12.0. The Morgan fingerprint density at radius 1 is 1.35 bits per heavy atom. The summed E-state index contributed by atoms with van der Waals surface area (Å²) < 4.78 is 26.8. The summed E-state index contributed by atoms with van der Waals surface area (Å²) in [6.07, 6.45) is 2.81. The molecule has 0 saturated heterocycles. The van der Waals surface area contributed by atoms with Gasteiger partial charge in [-0.1, -0.05) is 0 Å². The molecule has 1 aromatic rings. The number of rotatable bonds is 3. The summed E-state index contributed by atoms with van der Waals surface area (Å²) in [5, 5.41) is 3.31. The smallest absolute Gasteiger partial charge is 0.240 e. The van der Waals surface area contributed by atoms with E-state index in [1.807, 2.05) is 6.07 Å². The normalized spacial score (nSPS) is 23.2. The van der Waals surface area contributed by atoms with Crippen LogP contribution in [0.2, 0.25) is 0 Å². The molecule has 4 nitrogen and oxygen atoms in total. The van der Waals surface area contributed by atoms with Crippen LogP contribution in [0.1, 0.15) is 25.3 Å². The SMILES string of the molecule is C[C@H]1Cc2cc(S(=O)(=O)NC3CC3)ccc2N1. The molecule has 0 amide bonds. The summed E-state index contributed by atoms with van der Waals surface area (Å²) in [7, 11) is -3.31. The molecule has 2 aliphatic rings. The van der Waals surface area contributed by atoms with Crippen LogP contribution in [0.25, 0.3) is 0 Å². The largest absolute Gasteiger partial charge is 0.382 e. The van der Waals surface area contributed by atoms with E-state index in [9.17, 15) is 8.42 Å². The van der Waals surface area contributed by atoms with Gasteiger partial charge in [-0.15, -0.1) is 0 Å². The highest BCUT2D eigenvalue weighted by molar-refractivity contribution is 7.89. The summed E-state index contributed by atoms with van der Waals surface area (Å²) in [6, 6.07) is 5.87. The molecular formula is C12H16N2O2S. The molecule has 1 saturated carbocycles. The fraction of sp³-hybridized carbons (Fsp3) is 0.500. The maximum absolute atomic E-state index is 12.0. The molecule has 5 heteroatoms. The lowest BCUT2D eigenvalue weighted by Gasteiger charge is -2.07. The quantitative estimate of drug-likeness (QED) is 0.856. The van der Waals surface area contributed by atoms with E-state index in [2.05, 4.69) is 17.0 Å². The van der Waals surface area contributed by atoms with Crippen molar-refractivity contribution in [3.63, 3.8) is 0 Å². The van der Waals surface area contributed by atoms with E-state index < -0.39 is 10.0 Å². The van der Waals surface area contributed by atoms with E-state index in [0.717, 1.165) is 30.5 Å². The molecule has 17 heavy (non-hydrogen) atoms. The number of hydrogen-bond acceptors (Lipinski definition) is 3. The predicted molar refractivity (Wildman–Crippen MR) is 66.6 cm³/mol. The highest BCUT2D eigenvalue weighted by Gasteiger charge is 2.28. The highest BCUT2D eigenvalue weighted by atomic mass is 32.2. The minimum absolute atomic E-state index is 0.158. The molecule has 1 atom stereocenters. The fourth-order valence-corrected chi connectivity index (χ4v) is 3.54. The molecule has 0 bridgehead atoms. The fourth-order valence-electron chi connectivity index (χ4n) is 2.18. The standard InChI is InChI=1S/C12H16N2O2S/c1-8-6-9-7-11(4-5-12(9)13-8)17(15,16)14-10-2-3-10/h4-5,7-8,10,13-14H,2-3,6H2,1H3/t8-/m0/s1. The molecule has 0 spiro atoms. The van der Waals surface area contributed by atoms with Crippen LogP contribution in [0.15, 0.2) is 23.1 Å². The second-order valence-corrected chi connectivity index (χ2v) is 6.68. The Morgan fingerprint density at radius 3 is 2.82 bits per heavy atom. The first-order valence-electron chi connectivity index (χ1n) is 5.96. The van der Waals surface area contributed by atoms with Crippen molar-refractivity contribution in [2.75, 3.05) is 5.32 Å². The van der Waals surface area contributed by atoms with Crippen LogP contribution >= 0.6 is 0 Å². The number of hydrogen-bond donors (Lipinski definition) is 2. The summed E-state index contributed by atoms with van der Waals surface area (Å²) in [5.41, 5.74) is 2.15. The minimum atomic E-state index is -3.31. The van der Waals surface area contributed by atoms with E-state index in [1.165, 1.54) is 0 Å². The number of benzene rings is 1. The van der Waals surface area contributed by atoms with Gasteiger partial charge in [0.25, 0.3) is 0 Å². The van der Waals surface area contributed by atoms with Gasteiger partial charge in [-0.05, 0) is 49.9 Å². The van der Waals surface area contributed by atoms with Crippen molar-refractivity contribution >= 4 is 15.7 Å². The Morgan fingerprint density at radius 2 is 2.12 bits per heavy atom. The zero-order valence-electron chi connectivity index (χ0n) is 9.73. The third-order valence-corrected chi connectivity index (χ3v) is 4.73. The molecule has 0 radical (unpaired) electrons. The Hall–Kier alpha value is -1.07. The van der Waals surface area contributed by atoms with E-state index in [0.29, 0.717) is 10.9 Å². The van der Waals surface area contributed by atoms with Crippen molar-refractivity contribution in [3.05, 3.63) is 23.8 Å². The second-order valence-electron chi connectivity index (χ2n) is 4.96. The van der Waals surface area contributed by atoms with Crippen molar-refractivity contribution in [1.82, 2.24) is 4.72 Å². The lowest BCUT2D eigenvalue weighted by Crippen LogP contribution is -2.25. The van der Waals surface area contributed by atoms with Gasteiger partial charge in [0.2, 0.25) is 10.0 Å². The molecule has 0 aromatic heterocycles. The van der Waals surface area contributed by atoms with E-state index in [-0.39, 0.29) is 6.04 Å². The van der Waals surface area contributed by atoms with Gasteiger partial charge in [-0.25, -0.2) is 13.1 Å². The van der Waals surface area contributed by atoms with Gasteiger partial charge in [-0.2, -0.15) is 0 Å². The molecule has 1 fully saturated rings. The van der Waals surface area contributed by atoms with Crippen LogP contribution in [0.5, 0.6) is 0 Å². The molecule has 92 valence electrons. The third-order valence-electron chi connectivity index (χ3n) is 3.21. The molecule has 1 heterocycles. The van der Waals surface area contributed by atoms with Crippen molar-refractivity contribution in [3.8, 4) is 0 Å². The summed E-state index contributed by atoms with van der Waals surface area (Å²) in [5.74, 6) is 0. The molecular weight excluding hydrogens is 236 g/mol. The first-order valence-corrected chi connectivity index (χ1v) is 7.45. The van der Waals surface area contributed by atoms with E-state index in [4.69, 9.17) is 0 Å². The number of nitrogens with one attached hydrogen (secondary N) is 2. The number of sulfonamides is 1. The third kappa shape index (κ3) is 2.17. The average molecular weight is 252 g/mol. The van der Waals surface area contributed by atoms with Crippen LogP contribution in [-0.4, -0.2) is 20.5 Å². The van der Waals surface area contributed by atoms with Crippen molar-refractivity contribution < 1.29 is 8.42 Å². The molecule has 3 rings (SSSR count). The molecule has 0 unspecified atom stereocenters. The Balaban J connectivity index is 1.91. The summed E-state index contributed by atoms with van der Waals surface area (Å²) in [4.78, 5) is 0.388.